The Bertz CT molecular complexity index is 1080. The Balaban J connectivity index is 1.30. The lowest BCUT2D eigenvalue weighted by molar-refractivity contribution is -0.135. The zero-order chi connectivity index (χ0) is 26.9. The first-order chi connectivity index (χ1) is 18.1. The number of nitrogens with zero attached hydrogens (tertiary/aromatic N) is 3. The molecule has 1 spiro atoms. The minimum Gasteiger partial charge on any atom is -0.399 e. The molecule has 3 saturated heterocycles. The molecule has 0 N–H and O–H groups in total. The van der Waals surface area contributed by atoms with Gasteiger partial charge in [0.15, 0.2) is 0 Å². The molecule has 1 aromatic rings. The van der Waals surface area contributed by atoms with Crippen LogP contribution in [0, 0.1) is 0 Å². The SMILES string of the molecule is CCC(=O)N1CCC2(CC1)C(=O)N(C1CC(N3CCCCC3)C1)c1cc(B3OC(C)(C)C(C)(C)O3)ccc12. The van der Waals surface area contributed by atoms with E-state index in [-0.39, 0.29) is 17.9 Å². The zero-order valence-corrected chi connectivity index (χ0v) is 23.9. The smallest absolute Gasteiger partial charge is 0.399 e. The van der Waals surface area contributed by atoms with Crippen molar-refractivity contribution in [3.05, 3.63) is 23.8 Å². The zero-order valence-electron chi connectivity index (χ0n) is 23.9. The van der Waals surface area contributed by atoms with Crippen LogP contribution in [0.2, 0.25) is 0 Å². The summed E-state index contributed by atoms with van der Waals surface area (Å²) >= 11 is 0. The Kier molecular flexibility index (Phi) is 6.48. The fourth-order valence-corrected chi connectivity index (χ4v) is 7.29. The van der Waals surface area contributed by atoms with Crippen molar-refractivity contribution in [2.24, 2.45) is 0 Å². The summed E-state index contributed by atoms with van der Waals surface area (Å²) in [5.41, 5.74) is 1.78. The second-order valence-corrected chi connectivity index (χ2v) is 13.2. The molecule has 4 heterocycles. The van der Waals surface area contributed by atoms with Crippen molar-refractivity contribution >= 4 is 30.1 Å². The van der Waals surface area contributed by atoms with Gasteiger partial charge in [-0.1, -0.05) is 25.5 Å². The molecule has 0 atom stereocenters. The molecule has 4 aliphatic heterocycles. The van der Waals surface area contributed by atoms with Crippen LogP contribution in [0.15, 0.2) is 18.2 Å². The lowest BCUT2D eigenvalue weighted by Crippen LogP contribution is -2.58. The summed E-state index contributed by atoms with van der Waals surface area (Å²) in [7, 11) is -0.453. The quantitative estimate of drug-likeness (QED) is 0.567. The third kappa shape index (κ3) is 4.05. The van der Waals surface area contributed by atoms with Gasteiger partial charge in [0.2, 0.25) is 11.8 Å². The molecule has 206 valence electrons. The molecule has 0 radical (unpaired) electrons. The van der Waals surface area contributed by atoms with Crippen LogP contribution in [-0.4, -0.2) is 78.2 Å². The van der Waals surface area contributed by atoms with Crippen molar-refractivity contribution in [3.63, 3.8) is 0 Å². The van der Waals surface area contributed by atoms with Gasteiger partial charge in [-0.2, -0.15) is 0 Å². The molecule has 6 rings (SSSR count). The summed E-state index contributed by atoms with van der Waals surface area (Å²) in [6.07, 6.45) is 7.91. The fraction of sp³-hybridized carbons (Fsp3) is 0.733. The third-order valence-corrected chi connectivity index (χ3v) is 10.6. The van der Waals surface area contributed by atoms with Crippen molar-refractivity contribution in [1.82, 2.24) is 9.80 Å². The lowest BCUT2D eigenvalue weighted by atomic mass is 9.71. The van der Waals surface area contributed by atoms with Crippen molar-refractivity contribution < 1.29 is 18.9 Å². The highest BCUT2D eigenvalue weighted by Gasteiger charge is 2.57. The Morgan fingerprint density at radius 1 is 0.947 bits per heavy atom. The molecule has 8 heteroatoms. The standard InChI is InChI=1S/C30H44BN3O4/c1-6-26(35)33-16-12-30(13-17-33)24-11-10-21(31-37-28(2,3)29(4,5)38-31)18-25(24)34(27(30)36)23-19-22(20-23)32-14-8-7-9-15-32/h10-11,18,22-23H,6-9,12-17,19-20H2,1-5H3. The summed E-state index contributed by atoms with van der Waals surface area (Å²) < 4.78 is 12.8. The second kappa shape index (κ2) is 9.34. The first-order valence-electron chi connectivity index (χ1n) is 14.9. The van der Waals surface area contributed by atoms with Gasteiger partial charge >= 0.3 is 7.12 Å². The van der Waals surface area contributed by atoms with E-state index in [0.717, 1.165) is 29.6 Å². The maximum absolute atomic E-state index is 14.4. The molecule has 7 nitrogen and oxygen atoms in total. The van der Waals surface area contributed by atoms with Gasteiger partial charge in [-0.15, -0.1) is 0 Å². The van der Waals surface area contributed by atoms with E-state index < -0.39 is 23.7 Å². The molecular formula is C30H44BN3O4. The average molecular weight is 522 g/mol. The summed E-state index contributed by atoms with van der Waals surface area (Å²) in [6, 6.07) is 7.24. The maximum atomic E-state index is 14.4. The monoisotopic (exact) mass is 521 g/mol. The fourth-order valence-electron chi connectivity index (χ4n) is 7.29. The Labute approximate surface area is 228 Å². The normalized spacial score (nSPS) is 30.0. The van der Waals surface area contributed by atoms with Gasteiger partial charge in [0.05, 0.1) is 16.6 Å². The van der Waals surface area contributed by atoms with E-state index >= 15 is 0 Å². The van der Waals surface area contributed by atoms with E-state index in [1.54, 1.807) is 0 Å². The molecule has 1 saturated carbocycles. The summed E-state index contributed by atoms with van der Waals surface area (Å²) in [4.78, 5) is 33.5. The highest BCUT2D eigenvalue weighted by Crippen LogP contribution is 2.51. The van der Waals surface area contributed by atoms with Crippen molar-refractivity contribution in [2.75, 3.05) is 31.1 Å². The van der Waals surface area contributed by atoms with Gasteiger partial charge in [0.25, 0.3) is 0 Å². The molecule has 0 unspecified atom stereocenters. The van der Waals surface area contributed by atoms with Gasteiger partial charge in [-0.25, -0.2) is 0 Å². The predicted octanol–water partition coefficient (Wildman–Crippen LogP) is 3.62. The minimum atomic E-state index is -0.537. The van der Waals surface area contributed by atoms with E-state index in [9.17, 15) is 9.59 Å². The van der Waals surface area contributed by atoms with Crippen LogP contribution >= 0.6 is 0 Å². The van der Waals surface area contributed by atoms with Gasteiger partial charge in [-0.05, 0) is 96.4 Å². The number of rotatable bonds is 4. The molecule has 1 aromatic carbocycles. The average Bonchev–Trinajstić information content (AvgIpc) is 3.24. The number of hydrogen-bond acceptors (Lipinski definition) is 5. The van der Waals surface area contributed by atoms with Crippen LogP contribution in [0.4, 0.5) is 5.69 Å². The van der Waals surface area contributed by atoms with Crippen LogP contribution in [0.1, 0.15) is 91.5 Å². The van der Waals surface area contributed by atoms with E-state index in [1.807, 2.05) is 11.8 Å². The number of anilines is 1. The molecule has 0 aromatic heterocycles. The maximum Gasteiger partial charge on any atom is 0.494 e. The number of piperidine rings is 2. The van der Waals surface area contributed by atoms with E-state index in [2.05, 4.69) is 55.7 Å². The largest absolute Gasteiger partial charge is 0.494 e. The molecular weight excluding hydrogens is 477 g/mol. The van der Waals surface area contributed by atoms with Crippen molar-refractivity contribution in [2.45, 2.75) is 115 Å². The van der Waals surface area contributed by atoms with Crippen LogP contribution < -0.4 is 10.4 Å². The summed E-state index contributed by atoms with van der Waals surface area (Å²) in [6.45, 7) is 13.9. The summed E-state index contributed by atoms with van der Waals surface area (Å²) in [5, 5.41) is 0. The van der Waals surface area contributed by atoms with Crippen LogP contribution in [0.25, 0.3) is 0 Å². The second-order valence-electron chi connectivity index (χ2n) is 13.2. The predicted molar refractivity (Wildman–Crippen MR) is 150 cm³/mol. The number of amides is 2. The molecule has 2 amide bonds. The summed E-state index contributed by atoms with van der Waals surface area (Å²) in [5.74, 6) is 0.422. The van der Waals surface area contributed by atoms with Crippen LogP contribution in [0.5, 0.6) is 0 Å². The molecule has 5 aliphatic rings. The molecule has 0 bridgehead atoms. The number of fused-ring (bicyclic) bond motifs is 2. The highest BCUT2D eigenvalue weighted by molar-refractivity contribution is 6.62. The number of hydrogen-bond donors (Lipinski definition) is 0. The first-order valence-corrected chi connectivity index (χ1v) is 14.9. The number of carbonyl (C=O) groups excluding carboxylic acids is 2. The Morgan fingerprint density at radius 2 is 1.58 bits per heavy atom. The number of likely N-dealkylation sites (tertiary alicyclic amines) is 2. The van der Waals surface area contributed by atoms with Crippen molar-refractivity contribution in [3.8, 4) is 0 Å². The highest BCUT2D eigenvalue weighted by atomic mass is 16.7. The molecule has 4 fully saturated rings. The van der Waals surface area contributed by atoms with E-state index in [4.69, 9.17) is 9.31 Å². The first kappa shape index (κ1) is 26.3. The molecule has 1 aliphatic carbocycles. The number of carbonyl (C=O) groups is 2. The van der Waals surface area contributed by atoms with E-state index in [0.29, 0.717) is 38.4 Å². The minimum absolute atomic E-state index is 0.182. The van der Waals surface area contributed by atoms with Gasteiger partial charge in [-0.3, -0.25) is 9.59 Å². The van der Waals surface area contributed by atoms with Gasteiger partial charge < -0.3 is 24.0 Å². The van der Waals surface area contributed by atoms with Crippen LogP contribution in [0.3, 0.4) is 0 Å². The Hall–Kier alpha value is -1.90. The lowest BCUT2D eigenvalue weighted by Gasteiger charge is -2.48. The van der Waals surface area contributed by atoms with Crippen LogP contribution in [-0.2, 0) is 24.3 Å². The van der Waals surface area contributed by atoms with Gasteiger partial charge in [0.1, 0.15) is 0 Å². The topological polar surface area (TPSA) is 62.3 Å². The molecule has 38 heavy (non-hydrogen) atoms. The van der Waals surface area contributed by atoms with Gasteiger partial charge in [0, 0.05) is 37.3 Å². The van der Waals surface area contributed by atoms with E-state index in [1.165, 1.54) is 32.4 Å². The van der Waals surface area contributed by atoms with Crippen molar-refractivity contribution in [1.29, 1.82) is 0 Å². The third-order valence-electron chi connectivity index (χ3n) is 10.6. The number of benzene rings is 1. The Morgan fingerprint density at radius 3 is 2.18 bits per heavy atom.